The summed E-state index contributed by atoms with van der Waals surface area (Å²) in [4.78, 5) is 11.7. The van der Waals surface area contributed by atoms with Crippen LogP contribution in [0.25, 0.3) is 0 Å². The van der Waals surface area contributed by atoms with Crippen molar-refractivity contribution in [3.63, 3.8) is 0 Å². The average molecular weight is 280 g/mol. The topological polar surface area (TPSA) is 78.9 Å². The Kier molecular flexibility index (Phi) is 2.70. The van der Waals surface area contributed by atoms with Crippen molar-refractivity contribution in [3.05, 3.63) is 28.2 Å². The van der Waals surface area contributed by atoms with Crippen LogP contribution in [0.1, 0.15) is 18.4 Å². The van der Waals surface area contributed by atoms with Crippen LogP contribution in [0.2, 0.25) is 0 Å². The SMILES string of the molecule is N#Cc1cc(Br)ccc1NC(=O)C1(N)CC1. The molecule has 0 radical (unpaired) electrons. The van der Waals surface area contributed by atoms with Gasteiger partial charge in [0.2, 0.25) is 5.91 Å². The third kappa shape index (κ3) is 2.08. The lowest BCUT2D eigenvalue weighted by Crippen LogP contribution is -2.38. The second-order valence-electron chi connectivity index (χ2n) is 3.91. The van der Waals surface area contributed by atoms with Crippen molar-refractivity contribution >= 4 is 27.5 Å². The second kappa shape index (κ2) is 3.89. The Hall–Kier alpha value is -1.38. The van der Waals surface area contributed by atoms with Crippen LogP contribution in [0, 0.1) is 11.3 Å². The number of rotatable bonds is 2. The number of benzene rings is 1. The molecule has 1 saturated carbocycles. The van der Waals surface area contributed by atoms with Gasteiger partial charge in [-0.25, -0.2) is 0 Å². The number of nitriles is 1. The molecule has 0 saturated heterocycles. The Morgan fingerprint density at radius 2 is 2.25 bits per heavy atom. The summed E-state index contributed by atoms with van der Waals surface area (Å²) in [5.74, 6) is -0.216. The van der Waals surface area contributed by atoms with E-state index < -0.39 is 5.54 Å². The maximum atomic E-state index is 11.7. The lowest BCUT2D eigenvalue weighted by atomic mass is 10.2. The highest BCUT2D eigenvalue weighted by atomic mass is 79.9. The van der Waals surface area contributed by atoms with Gasteiger partial charge in [0.1, 0.15) is 6.07 Å². The predicted molar refractivity (Wildman–Crippen MR) is 63.6 cm³/mol. The van der Waals surface area contributed by atoms with E-state index >= 15 is 0 Å². The van der Waals surface area contributed by atoms with Crippen molar-refractivity contribution in [2.45, 2.75) is 18.4 Å². The van der Waals surface area contributed by atoms with Crippen molar-refractivity contribution in [1.82, 2.24) is 0 Å². The fourth-order valence-electron chi connectivity index (χ4n) is 1.33. The van der Waals surface area contributed by atoms with Gasteiger partial charge in [0, 0.05) is 4.47 Å². The molecule has 4 nitrogen and oxygen atoms in total. The first-order chi connectivity index (χ1) is 7.55. The van der Waals surface area contributed by atoms with E-state index in [1.807, 2.05) is 6.07 Å². The van der Waals surface area contributed by atoms with Gasteiger partial charge < -0.3 is 11.1 Å². The number of amides is 1. The van der Waals surface area contributed by atoms with Crippen LogP contribution in [0.4, 0.5) is 5.69 Å². The van der Waals surface area contributed by atoms with Gasteiger partial charge in [-0.1, -0.05) is 15.9 Å². The molecule has 82 valence electrons. The van der Waals surface area contributed by atoms with Crippen molar-refractivity contribution in [2.24, 2.45) is 5.73 Å². The molecule has 1 fully saturated rings. The Bertz CT molecular complexity index is 488. The van der Waals surface area contributed by atoms with Crippen molar-refractivity contribution in [2.75, 3.05) is 5.32 Å². The Morgan fingerprint density at radius 1 is 1.56 bits per heavy atom. The van der Waals surface area contributed by atoms with Crippen LogP contribution in [0.3, 0.4) is 0 Å². The first-order valence-corrected chi connectivity index (χ1v) is 5.64. The van der Waals surface area contributed by atoms with E-state index in [2.05, 4.69) is 21.2 Å². The summed E-state index contributed by atoms with van der Waals surface area (Å²) in [7, 11) is 0. The fourth-order valence-corrected chi connectivity index (χ4v) is 1.69. The third-order valence-corrected chi connectivity index (χ3v) is 3.08. The van der Waals surface area contributed by atoms with Gasteiger partial charge >= 0.3 is 0 Å². The van der Waals surface area contributed by atoms with E-state index in [1.165, 1.54) is 0 Å². The van der Waals surface area contributed by atoms with Crippen molar-refractivity contribution in [1.29, 1.82) is 5.26 Å². The summed E-state index contributed by atoms with van der Waals surface area (Å²) >= 11 is 3.27. The molecule has 1 aromatic carbocycles. The zero-order valence-corrected chi connectivity index (χ0v) is 10.0. The molecule has 16 heavy (non-hydrogen) atoms. The van der Waals surface area contributed by atoms with E-state index in [4.69, 9.17) is 11.0 Å². The van der Waals surface area contributed by atoms with Crippen LogP contribution in [-0.2, 0) is 4.79 Å². The fraction of sp³-hybridized carbons (Fsp3) is 0.273. The quantitative estimate of drug-likeness (QED) is 0.866. The third-order valence-electron chi connectivity index (χ3n) is 2.59. The van der Waals surface area contributed by atoms with E-state index in [0.717, 1.165) is 4.47 Å². The number of hydrogen-bond acceptors (Lipinski definition) is 3. The van der Waals surface area contributed by atoms with Crippen LogP contribution in [0.5, 0.6) is 0 Å². The van der Waals surface area contributed by atoms with Gasteiger partial charge in [0.25, 0.3) is 0 Å². The van der Waals surface area contributed by atoms with Gasteiger partial charge in [-0.2, -0.15) is 5.26 Å². The minimum atomic E-state index is -0.722. The van der Waals surface area contributed by atoms with Crippen molar-refractivity contribution < 1.29 is 4.79 Å². The summed E-state index contributed by atoms with van der Waals surface area (Å²) < 4.78 is 0.802. The van der Waals surface area contributed by atoms with Gasteiger partial charge in [-0.15, -0.1) is 0 Å². The molecule has 0 bridgehead atoms. The zero-order valence-electron chi connectivity index (χ0n) is 8.46. The summed E-state index contributed by atoms with van der Waals surface area (Å²) in [6, 6.07) is 7.14. The number of nitrogens with one attached hydrogen (secondary N) is 1. The lowest BCUT2D eigenvalue weighted by Gasteiger charge is -2.11. The first-order valence-electron chi connectivity index (χ1n) is 4.85. The Balaban J connectivity index is 2.22. The number of nitrogens with two attached hydrogens (primary N) is 1. The van der Waals surface area contributed by atoms with Gasteiger partial charge in [0.05, 0.1) is 16.8 Å². The molecular formula is C11H10BrN3O. The smallest absolute Gasteiger partial charge is 0.244 e. The van der Waals surface area contributed by atoms with Gasteiger partial charge in [-0.05, 0) is 31.0 Å². The van der Waals surface area contributed by atoms with E-state index in [-0.39, 0.29) is 5.91 Å². The molecular weight excluding hydrogens is 270 g/mol. The summed E-state index contributed by atoms with van der Waals surface area (Å²) in [6.45, 7) is 0. The molecule has 0 aromatic heterocycles. The Labute approximate surface area is 102 Å². The molecule has 5 heteroatoms. The maximum absolute atomic E-state index is 11.7. The zero-order chi connectivity index (χ0) is 11.8. The highest BCUT2D eigenvalue weighted by Gasteiger charge is 2.46. The molecule has 1 amide bonds. The van der Waals surface area contributed by atoms with Crippen LogP contribution < -0.4 is 11.1 Å². The number of halogens is 1. The Morgan fingerprint density at radius 3 is 2.81 bits per heavy atom. The molecule has 1 aromatic rings. The van der Waals surface area contributed by atoms with Crippen LogP contribution in [0.15, 0.2) is 22.7 Å². The standard InChI is InChI=1S/C11H10BrN3O/c12-8-1-2-9(7(5-8)6-13)15-10(16)11(14)3-4-11/h1-2,5H,3-4,14H2,(H,15,16). The monoisotopic (exact) mass is 279 g/mol. The minimum Gasteiger partial charge on any atom is -0.323 e. The molecule has 3 N–H and O–H groups in total. The number of carbonyl (C=O) groups is 1. The van der Waals surface area contributed by atoms with E-state index in [9.17, 15) is 4.79 Å². The lowest BCUT2D eigenvalue weighted by molar-refractivity contribution is -0.118. The predicted octanol–water partition coefficient (Wildman–Crippen LogP) is 1.75. The number of nitrogens with zero attached hydrogens (tertiary/aromatic N) is 1. The molecule has 0 heterocycles. The summed E-state index contributed by atoms with van der Waals surface area (Å²) in [6.07, 6.45) is 1.41. The molecule has 0 spiro atoms. The minimum absolute atomic E-state index is 0.216. The molecule has 0 aliphatic heterocycles. The molecule has 1 aliphatic carbocycles. The average Bonchev–Trinajstić information content (AvgIpc) is 3.00. The second-order valence-corrected chi connectivity index (χ2v) is 4.83. The number of carbonyl (C=O) groups excluding carboxylic acids is 1. The number of hydrogen-bond donors (Lipinski definition) is 2. The van der Waals surface area contributed by atoms with Gasteiger partial charge in [0.15, 0.2) is 0 Å². The highest BCUT2D eigenvalue weighted by molar-refractivity contribution is 9.10. The molecule has 2 rings (SSSR count). The van der Waals surface area contributed by atoms with Crippen molar-refractivity contribution in [3.8, 4) is 6.07 Å². The van der Waals surface area contributed by atoms with Crippen LogP contribution >= 0.6 is 15.9 Å². The highest BCUT2D eigenvalue weighted by Crippen LogP contribution is 2.33. The normalized spacial score (nSPS) is 16.3. The largest absolute Gasteiger partial charge is 0.323 e. The van der Waals surface area contributed by atoms with E-state index in [1.54, 1.807) is 18.2 Å². The van der Waals surface area contributed by atoms with Crippen LogP contribution in [-0.4, -0.2) is 11.4 Å². The summed E-state index contributed by atoms with van der Waals surface area (Å²) in [5, 5.41) is 11.6. The van der Waals surface area contributed by atoms with E-state index in [0.29, 0.717) is 24.1 Å². The molecule has 0 unspecified atom stereocenters. The molecule has 0 atom stereocenters. The number of anilines is 1. The maximum Gasteiger partial charge on any atom is 0.244 e. The van der Waals surface area contributed by atoms with Gasteiger partial charge in [-0.3, -0.25) is 4.79 Å². The summed E-state index contributed by atoms with van der Waals surface area (Å²) in [5.41, 5.74) is 5.96. The molecule has 1 aliphatic rings. The first kappa shape index (κ1) is 11.1.